The minimum Gasteiger partial charge on any atom is -0.384 e. The van der Waals surface area contributed by atoms with Gasteiger partial charge in [0.15, 0.2) is 5.82 Å². The van der Waals surface area contributed by atoms with Crippen LogP contribution in [0.4, 0.5) is 11.5 Å². The molecule has 0 aliphatic rings. The molecule has 0 atom stereocenters. The van der Waals surface area contributed by atoms with Gasteiger partial charge >= 0.3 is 0 Å². The van der Waals surface area contributed by atoms with Gasteiger partial charge in [-0.05, 0) is 12.1 Å². The molecule has 4 N–H and O–H groups in total. The van der Waals surface area contributed by atoms with Crippen LogP contribution in [0.15, 0.2) is 41.5 Å². The van der Waals surface area contributed by atoms with Gasteiger partial charge in [0.25, 0.3) is 5.56 Å². The maximum Gasteiger partial charge on any atom is 0.291 e. The molecule has 18 heavy (non-hydrogen) atoms. The number of para-hydroxylation sites is 1. The minimum absolute atomic E-state index is 0.0511. The van der Waals surface area contributed by atoms with Gasteiger partial charge in [0.2, 0.25) is 0 Å². The monoisotopic (exact) mass is 243 g/mol. The van der Waals surface area contributed by atoms with Crippen molar-refractivity contribution in [3.63, 3.8) is 0 Å². The molecule has 92 valence electrons. The summed E-state index contributed by atoms with van der Waals surface area (Å²) in [5.41, 5.74) is 6.45. The lowest BCUT2D eigenvalue weighted by molar-refractivity contribution is 1.05. The van der Waals surface area contributed by atoms with Gasteiger partial charge in [-0.1, -0.05) is 12.1 Å². The van der Waals surface area contributed by atoms with Crippen molar-refractivity contribution < 1.29 is 0 Å². The van der Waals surface area contributed by atoms with Crippen LogP contribution in [-0.4, -0.2) is 22.9 Å². The first kappa shape index (κ1) is 11.8. The van der Waals surface area contributed by atoms with E-state index < -0.39 is 0 Å². The molecule has 0 saturated heterocycles. The Hall–Kier alpha value is -2.63. The number of aromatic nitrogens is 2. The summed E-state index contributed by atoms with van der Waals surface area (Å²) in [5.74, 6) is 0.205. The van der Waals surface area contributed by atoms with Crippen LogP contribution < -0.4 is 16.2 Å². The van der Waals surface area contributed by atoms with Crippen molar-refractivity contribution in [2.75, 3.05) is 11.9 Å². The van der Waals surface area contributed by atoms with E-state index >= 15 is 0 Å². The van der Waals surface area contributed by atoms with Gasteiger partial charge in [0.05, 0.1) is 5.69 Å². The molecule has 6 heteroatoms. The standard InChI is InChI=1S/C12H13N5O/c1-17(11-12(18)16-7-6-15-11)9-5-3-2-4-8(9)10(13)14/h2-7H,1H3,(H3,13,14)(H,16,18). The number of H-pyrrole nitrogens is 1. The number of hydrogen-bond acceptors (Lipinski definition) is 4. The Kier molecular flexibility index (Phi) is 3.09. The zero-order valence-electron chi connectivity index (χ0n) is 9.84. The van der Waals surface area contributed by atoms with Crippen molar-refractivity contribution in [1.82, 2.24) is 9.97 Å². The van der Waals surface area contributed by atoms with Gasteiger partial charge in [-0.15, -0.1) is 0 Å². The maximum atomic E-state index is 11.7. The van der Waals surface area contributed by atoms with Gasteiger partial charge in [0.1, 0.15) is 5.84 Å². The maximum absolute atomic E-state index is 11.7. The second kappa shape index (κ2) is 4.70. The number of anilines is 2. The Labute approximate surface area is 104 Å². The fraction of sp³-hybridized carbons (Fsp3) is 0.0833. The highest BCUT2D eigenvalue weighted by Gasteiger charge is 2.13. The van der Waals surface area contributed by atoms with E-state index in [2.05, 4.69) is 9.97 Å². The van der Waals surface area contributed by atoms with Crippen LogP contribution in [0.3, 0.4) is 0 Å². The molecule has 0 aliphatic carbocycles. The molecular weight excluding hydrogens is 230 g/mol. The topological polar surface area (TPSA) is 98.9 Å². The second-order valence-corrected chi connectivity index (χ2v) is 3.73. The van der Waals surface area contributed by atoms with E-state index in [1.54, 1.807) is 30.1 Å². The Morgan fingerprint density at radius 1 is 1.44 bits per heavy atom. The van der Waals surface area contributed by atoms with Crippen molar-refractivity contribution >= 4 is 17.3 Å². The smallest absolute Gasteiger partial charge is 0.291 e. The highest BCUT2D eigenvalue weighted by Crippen LogP contribution is 2.22. The molecule has 0 unspecified atom stereocenters. The van der Waals surface area contributed by atoms with Crippen LogP contribution in [0.2, 0.25) is 0 Å². The highest BCUT2D eigenvalue weighted by molar-refractivity contribution is 6.01. The summed E-state index contributed by atoms with van der Waals surface area (Å²) in [6.07, 6.45) is 2.97. The molecule has 0 spiro atoms. The summed E-state index contributed by atoms with van der Waals surface area (Å²) in [4.78, 5) is 19.9. The number of hydrogen-bond donors (Lipinski definition) is 3. The lowest BCUT2D eigenvalue weighted by Gasteiger charge is -2.19. The fourth-order valence-corrected chi connectivity index (χ4v) is 1.69. The third-order valence-corrected chi connectivity index (χ3v) is 2.56. The van der Waals surface area contributed by atoms with Crippen molar-refractivity contribution in [3.8, 4) is 0 Å². The Bertz CT molecular complexity index is 634. The molecule has 6 nitrogen and oxygen atoms in total. The van der Waals surface area contributed by atoms with E-state index in [1.807, 2.05) is 6.07 Å². The molecule has 0 amide bonds. The van der Waals surface area contributed by atoms with Crippen LogP contribution in [0.5, 0.6) is 0 Å². The van der Waals surface area contributed by atoms with E-state index in [0.29, 0.717) is 11.3 Å². The first-order valence-electron chi connectivity index (χ1n) is 5.32. The molecule has 2 rings (SSSR count). The third kappa shape index (κ3) is 2.08. The summed E-state index contributed by atoms with van der Waals surface area (Å²) < 4.78 is 0. The van der Waals surface area contributed by atoms with Gasteiger partial charge in [0, 0.05) is 25.0 Å². The molecule has 1 aromatic carbocycles. The average molecular weight is 243 g/mol. The van der Waals surface area contributed by atoms with Crippen molar-refractivity contribution in [1.29, 1.82) is 5.41 Å². The van der Waals surface area contributed by atoms with Crippen LogP contribution in [0.25, 0.3) is 0 Å². The molecule has 1 heterocycles. The van der Waals surface area contributed by atoms with Gasteiger partial charge in [-0.3, -0.25) is 10.2 Å². The first-order valence-corrected chi connectivity index (χ1v) is 5.32. The highest BCUT2D eigenvalue weighted by atomic mass is 16.1. The first-order chi connectivity index (χ1) is 8.61. The average Bonchev–Trinajstić information content (AvgIpc) is 2.38. The number of nitrogens with two attached hydrogens (primary N) is 1. The van der Waals surface area contributed by atoms with Gasteiger partial charge in [-0.2, -0.15) is 0 Å². The predicted octanol–water partition coefficient (Wildman–Crippen LogP) is 0.822. The van der Waals surface area contributed by atoms with Crippen molar-refractivity contribution in [2.24, 2.45) is 5.73 Å². The van der Waals surface area contributed by atoms with E-state index in [9.17, 15) is 4.79 Å². The molecule has 2 aromatic rings. The van der Waals surface area contributed by atoms with Crippen LogP contribution in [0, 0.1) is 5.41 Å². The number of nitrogen functional groups attached to an aromatic ring is 1. The van der Waals surface area contributed by atoms with Crippen LogP contribution in [-0.2, 0) is 0 Å². The van der Waals surface area contributed by atoms with Crippen molar-refractivity contribution in [3.05, 3.63) is 52.6 Å². The molecular formula is C12H13N5O. The van der Waals surface area contributed by atoms with E-state index in [0.717, 1.165) is 0 Å². The Morgan fingerprint density at radius 2 is 2.17 bits per heavy atom. The van der Waals surface area contributed by atoms with Gasteiger partial charge < -0.3 is 15.6 Å². The molecule has 0 fully saturated rings. The van der Waals surface area contributed by atoms with E-state index in [4.69, 9.17) is 11.1 Å². The summed E-state index contributed by atoms with van der Waals surface area (Å²) in [7, 11) is 1.71. The number of nitrogens with zero attached hydrogens (tertiary/aromatic N) is 2. The Balaban J connectivity index is 2.53. The number of rotatable bonds is 3. The molecule has 1 aromatic heterocycles. The Morgan fingerprint density at radius 3 is 2.83 bits per heavy atom. The summed E-state index contributed by atoms with van der Waals surface area (Å²) in [6, 6.07) is 7.11. The van der Waals surface area contributed by atoms with Crippen LogP contribution in [0.1, 0.15) is 5.56 Å². The molecule has 0 saturated carbocycles. The van der Waals surface area contributed by atoms with E-state index in [1.165, 1.54) is 12.4 Å². The third-order valence-electron chi connectivity index (χ3n) is 2.56. The lowest BCUT2D eigenvalue weighted by atomic mass is 10.1. The van der Waals surface area contributed by atoms with Crippen molar-refractivity contribution in [2.45, 2.75) is 0 Å². The number of amidine groups is 1. The minimum atomic E-state index is -0.293. The fourth-order valence-electron chi connectivity index (χ4n) is 1.69. The summed E-state index contributed by atoms with van der Waals surface area (Å²) >= 11 is 0. The number of benzene rings is 1. The zero-order chi connectivity index (χ0) is 13.1. The normalized spacial score (nSPS) is 10.1. The quantitative estimate of drug-likeness (QED) is 0.549. The molecule has 0 bridgehead atoms. The zero-order valence-corrected chi connectivity index (χ0v) is 9.84. The van der Waals surface area contributed by atoms with Gasteiger partial charge in [-0.25, -0.2) is 4.98 Å². The van der Waals surface area contributed by atoms with E-state index in [-0.39, 0.29) is 17.2 Å². The summed E-state index contributed by atoms with van der Waals surface area (Å²) in [5, 5.41) is 7.53. The second-order valence-electron chi connectivity index (χ2n) is 3.73. The predicted molar refractivity (Wildman–Crippen MR) is 70.4 cm³/mol. The molecule has 0 radical (unpaired) electrons. The SMILES string of the molecule is CN(c1ccccc1C(=N)N)c1ncc[nH]c1=O. The number of nitrogens with one attached hydrogen (secondary N) is 2. The number of aromatic amines is 1. The summed E-state index contributed by atoms with van der Waals surface area (Å²) in [6.45, 7) is 0. The largest absolute Gasteiger partial charge is 0.384 e. The molecule has 0 aliphatic heterocycles. The lowest BCUT2D eigenvalue weighted by Crippen LogP contribution is -2.24. The van der Waals surface area contributed by atoms with Crippen LogP contribution >= 0.6 is 0 Å².